The second-order valence-electron chi connectivity index (χ2n) is 8.38. The summed E-state index contributed by atoms with van der Waals surface area (Å²) in [6, 6.07) is 21.6. The number of ether oxygens (including phenoxy) is 3. The lowest BCUT2D eigenvalue weighted by atomic mass is 10.1. The maximum absolute atomic E-state index is 12.8. The van der Waals surface area contributed by atoms with E-state index in [9.17, 15) is 14.4 Å². The van der Waals surface area contributed by atoms with Crippen LogP contribution in [0.15, 0.2) is 77.6 Å². The highest BCUT2D eigenvalue weighted by Crippen LogP contribution is 2.31. The summed E-state index contributed by atoms with van der Waals surface area (Å²) in [7, 11) is 1.63. The van der Waals surface area contributed by atoms with E-state index in [-0.39, 0.29) is 24.0 Å². The van der Waals surface area contributed by atoms with Crippen molar-refractivity contribution in [2.75, 3.05) is 26.8 Å². The van der Waals surface area contributed by atoms with E-state index in [1.807, 2.05) is 36.4 Å². The van der Waals surface area contributed by atoms with Gasteiger partial charge in [0.15, 0.2) is 29.6 Å². The van der Waals surface area contributed by atoms with Crippen LogP contribution in [0, 0.1) is 0 Å². The maximum atomic E-state index is 12.8. The van der Waals surface area contributed by atoms with Crippen LogP contribution in [0.3, 0.4) is 0 Å². The summed E-state index contributed by atoms with van der Waals surface area (Å²) in [5, 5.41) is 1.04. The molecule has 8 heteroatoms. The number of amides is 1. The van der Waals surface area contributed by atoms with Crippen molar-refractivity contribution in [2.24, 2.45) is 0 Å². The summed E-state index contributed by atoms with van der Waals surface area (Å²) in [5.41, 5.74) is 1.17. The minimum atomic E-state index is -0.572. The Morgan fingerprint density at radius 3 is 2.23 bits per heavy atom. The predicted molar refractivity (Wildman–Crippen MR) is 131 cm³/mol. The fourth-order valence-electron chi connectivity index (χ4n) is 4.23. The Morgan fingerprint density at radius 1 is 0.943 bits per heavy atom. The largest absolute Gasteiger partial charge is 0.486 e. The zero-order valence-corrected chi connectivity index (χ0v) is 19.2. The number of para-hydroxylation sites is 4. The van der Waals surface area contributed by atoms with Gasteiger partial charge < -0.3 is 23.7 Å². The molecule has 8 nitrogen and oxygen atoms in total. The maximum Gasteiger partial charge on any atom is 0.326 e. The molecule has 1 atom stereocenters. The Bertz CT molecular complexity index is 1420. The van der Waals surface area contributed by atoms with Crippen molar-refractivity contribution >= 4 is 33.7 Å². The van der Waals surface area contributed by atoms with E-state index in [1.165, 1.54) is 4.90 Å². The first kappa shape index (κ1) is 22.5. The van der Waals surface area contributed by atoms with Crippen LogP contribution in [0.25, 0.3) is 21.8 Å². The Labute approximate surface area is 201 Å². The number of aromatic nitrogens is 1. The van der Waals surface area contributed by atoms with Crippen molar-refractivity contribution in [3.63, 3.8) is 0 Å². The standard InChI is InChI=1S/C27H24N2O6/c1-28(14-18-16-33-23-12-6-7-13-24(23)35-18)25(30)17-34-26(31)15-29-21-10-4-2-8-19(21)27(32)20-9-3-5-11-22(20)29/h2-13,18H,14-17H2,1H3. The fraction of sp³-hybridized carbons (Fsp3) is 0.222. The van der Waals surface area contributed by atoms with Gasteiger partial charge in [0, 0.05) is 17.8 Å². The van der Waals surface area contributed by atoms with Crippen molar-refractivity contribution in [1.29, 1.82) is 0 Å². The number of benzene rings is 3. The Hall–Kier alpha value is -4.33. The Balaban J connectivity index is 1.24. The first-order valence-electron chi connectivity index (χ1n) is 11.3. The molecule has 4 aromatic rings. The molecule has 1 aromatic heterocycles. The normalized spacial score (nSPS) is 14.6. The number of esters is 1. The summed E-state index contributed by atoms with van der Waals surface area (Å²) < 4.78 is 18.6. The molecule has 0 saturated heterocycles. The van der Waals surface area contributed by atoms with Gasteiger partial charge in [0.2, 0.25) is 0 Å². The summed E-state index contributed by atoms with van der Waals surface area (Å²) in [6.07, 6.45) is -0.326. The molecule has 1 amide bonds. The van der Waals surface area contributed by atoms with Gasteiger partial charge in [0.1, 0.15) is 13.2 Å². The highest BCUT2D eigenvalue weighted by atomic mass is 16.6. The molecule has 35 heavy (non-hydrogen) atoms. The van der Waals surface area contributed by atoms with Crippen LogP contribution in [0.2, 0.25) is 0 Å². The number of likely N-dealkylation sites (N-methyl/N-ethyl adjacent to an activating group) is 1. The monoisotopic (exact) mass is 472 g/mol. The first-order valence-corrected chi connectivity index (χ1v) is 11.3. The van der Waals surface area contributed by atoms with E-state index in [2.05, 4.69) is 0 Å². The minimum absolute atomic E-state index is 0.0887. The number of nitrogens with zero attached hydrogens (tertiary/aromatic N) is 2. The summed E-state index contributed by atoms with van der Waals surface area (Å²) in [5.74, 6) is 0.387. The lowest BCUT2D eigenvalue weighted by Gasteiger charge is -2.29. The third-order valence-corrected chi connectivity index (χ3v) is 5.99. The van der Waals surface area contributed by atoms with E-state index in [0.29, 0.717) is 46.5 Å². The van der Waals surface area contributed by atoms with Gasteiger partial charge in [0.25, 0.3) is 5.91 Å². The fourth-order valence-corrected chi connectivity index (χ4v) is 4.23. The van der Waals surface area contributed by atoms with E-state index in [1.54, 1.807) is 48.0 Å². The van der Waals surface area contributed by atoms with Crippen molar-refractivity contribution < 1.29 is 23.8 Å². The SMILES string of the molecule is CN(CC1COc2ccccc2O1)C(=O)COC(=O)Cn1c2ccccc2c(=O)c2ccccc21. The van der Waals surface area contributed by atoms with Gasteiger partial charge >= 0.3 is 5.97 Å². The molecule has 0 radical (unpaired) electrons. The molecule has 0 N–H and O–H groups in total. The molecular formula is C27H24N2O6. The van der Waals surface area contributed by atoms with E-state index < -0.39 is 12.6 Å². The molecule has 1 unspecified atom stereocenters. The highest BCUT2D eigenvalue weighted by molar-refractivity contribution is 5.94. The van der Waals surface area contributed by atoms with Crippen LogP contribution in [0.5, 0.6) is 11.5 Å². The molecule has 0 aliphatic carbocycles. The number of hydrogen-bond donors (Lipinski definition) is 0. The van der Waals surface area contributed by atoms with Gasteiger partial charge in [-0.1, -0.05) is 36.4 Å². The highest BCUT2D eigenvalue weighted by Gasteiger charge is 2.24. The van der Waals surface area contributed by atoms with Crippen LogP contribution in [-0.4, -0.2) is 54.3 Å². The lowest BCUT2D eigenvalue weighted by molar-refractivity contribution is -0.152. The molecule has 2 heterocycles. The molecule has 0 fully saturated rings. The molecule has 0 saturated carbocycles. The van der Waals surface area contributed by atoms with Crippen LogP contribution < -0.4 is 14.9 Å². The predicted octanol–water partition coefficient (Wildman–Crippen LogP) is 3.00. The number of hydrogen-bond acceptors (Lipinski definition) is 6. The van der Waals surface area contributed by atoms with Crippen molar-refractivity contribution in [2.45, 2.75) is 12.6 Å². The quantitative estimate of drug-likeness (QED) is 0.317. The van der Waals surface area contributed by atoms with Crippen LogP contribution >= 0.6 is 0 Å². The molecule has 0 spiro atoms. The molecule has 5 rings (SSSR count). The first-order chi connectivity index (χ1) is 17.0. The zero-order valence-electron chi connectivity index (χ0n) is 19.2. The third-order valence-electron chi connectivity index (χ3n) is 5.99. The summed E-state index contributed by atoms with van der Waals surface area (Å²) >= 11 is 0. The zero-order chi connectivity index (χ0) is 24.4. The molecular weight excluding hydrogens is 448 g/mol. The van der Waals surface area contributed by atoms with Crippen molar-refractivity contribution in [1.82, 2.24) is 9.47 Å². The topological polar surface area (TPSA) is 87.1 Å². The Kier molecular flexibility index (Phi) is 6.10. The van der Waals surface area contributed by atoms with Crippen molar-refractivity contribution in [3.05, 3.63) is 83.0 Å². The molecule has 3 aromatic carbocycles. The number of fused-ring (bicyclic) bond motifs is 3. The third kappa shape index (κ3) is 4.55. The minimum Gasteiger partial charge on any atom is -0.486 e. The molecule has 1 aliphatic heterocycles. The van der Waals surface area contributed by atoms with Gasteiger partial charge in [0.05, 0.1) is 17.6 Å². The van der Waals surface area contributed by atoms with Crippen molar-refractivity contribution in [3.8, 4) is 11.5 Å². The second-order valence-corrected chi connectivity index (χ2v) is 8.38. The average Bonchev–Trinajstić information content (AvgIpc) is 2.89. The van der Waals surface area contributed by atoms with Gasteiger partial charge in [-0.3, -0.25) is 14.4 Å². The smallest absolute Gasteiger partial charge is 0.326 e. The Morgan fingerprint density at radius 2 is 1.54 bits per heavy atom. The van der Waals surface area contributed by atoms with Gasteiger partial charge in [-0.25, -0.2) is 0 Å². The summed E-state index contributed by atoms with van der Waals surface area (Å²) in [6.45, 7) is 0.0881. The second kappa shape index (κ2) is 9.50. The van der Waals surface area contributed by atoms with E-state index in [4.69, 9.17) is 14.2 Å². The number of pyridine rings is 1. The average molecular weight is 472 g/mol. The van der Waals surface area contributed by atoms with Gasteiger partial charge in [-0.05, 0) is 36.4 Å². The molecule has 1 aliphatic rings. The van der Waals surface area contributed by atoms with Crippen LogP contribution in [0.4, 0.5) is 0 Å². The lowest BCUT2D eigenvalue weighted by Crippen LogP contribution is -2.43. The summed E-state index contributed by atoms with van der Waals surface area (Å²) in [4.78, 5) is 39.6. The van der Waals surface area contributed by atoms with Gasteiger partial charge in [-0.2, -0.15) is 0 Å². The molecule has 178 valence electrons. The van der Waals surface area contributed by atoms with Gasteiger partial charge in [-0.15, -0.1) is 0 Å². The van der Waals surface area contributed by atoms with Crippen LogP contribution in [0.1, 0.15) is 0 Å². The number of carbonyl (C=O) groups is 2. The molecule has 0 bridgehead atoms. The van der Waals surface area contributed by atoms with Crippen LogP contribution in [-0.2, 0) is 20.9 Å². The van der Waals surface area contributed by atoms with E-state index in [0.717, 1.165) is 0 Å². The van der Waals surface area contributed by atoms with E-state index >= 15 is 0 Å². The number of carbonyl (C=O) groups excluding carboxylic acids is 2. The number of rotatable bonds is 6.